The summed E-state index contributed by atoms with van der Waals surface area (Å²) in [4.78, 5) is 11.6. The lowest BCUT2D eigenvalue weighted by Gasteiger charge is -2.17. The van der Waals surface area contributed by atoms with Crippen molar-refractivity contribution >= 4 is 43.3 Å². The van der Waals surface area contributed by atoms with Gasteiger partial charge in [0.15, 0.2) is 5.78 Å². The number of carbonyl (C=O) groups is 1. The van der Waals surface area contributed by atoms with Crippen LogP contribution in [0.25, 0.3) is 0 Å². The van der Waals surface area contributed by atoms with Crippen LogP contribution in [-0.2, 0) is 4.79 Å². The van der Waals surface area contributed by atoms with E-state index in [1.807, 2.05) is 0 Å². The zero-order chi connectivity index (χ0) is 14.6. The molecule has 106 valence electrons. The lowest BCUT2D eigenvalue weighted by atomic mass is 9.97. The van der Waals surface area contributed by atoms with E-state index in [0.29, 0.717) is 30.9 Å². The van der Waals surface area contributed by atoms with Gasteiger partial charge in [-0.3, -0.25) is 4.79 Å². The van der Waals surface area contributed by atoms with Crippen LogP contribution in [0.3, 0.4) is 0 Å². The van der Waals surface area contributed by atoms with E-state index in [1.165, 1.54) is 0 Å². The molecule has 4 nitrogen and oxygen atoms in total. The number of rotatable bonds is 6. The first-order chi connectivity index (χ1) is 8.71. The van der Waals surface area contributed by atoms with Gasteiger partial charge >= 0.3 is 0 Å². The van der Waals surface area contributed by atoms with E-state index in [1.54, 1.807) is 26.0 Å². The second kappa shape index (κ2) is 6.72. The van der Waals surface area contributed by atoms with Crippen molar-refractivity contribution in [3.8, 4) is 5.75 Å². The Labute approximate surface area is 130 Å². The molecule has 0 bridgehead atoms. The summed E-state index contributed by atoms with van der Waals surface area (Å²) in [6, 6.07) is 3.54. The molecule has 0 spiro atoms. The van der Waals surface area contributed by atoms with Crippen molar-refractivity contribution in [1.82, 2.24) is 0 Å². The molecule has 0 aromatic heterocycles. The van der Waals surface area contributed by atoms with Crippen LogP contribution >= 0.6 is 31.9 Å². The van der Waals surface area contributed by atoms with E-state index < -0.39 is 5.54 Å². The average molecular weight is 394 g/mol. The van der Waals surface area contributed by atoms with Crippen molar-refractivity contribution in [2.75, 3.05) is 12.3 Å². The van der Waals surface area contributed by atoms with Crippen LogP contribution in [0.5, 0.6) is 5.75 Å². The first kappa shape index (κ1) is 16.5. The van der Waals surface area contributed by atoms with Gasteiger partial charge in [0, 0.05) is 12.1 Å². The van der Waals surface area contributed by atoms with E-state index >= 15 is 0 Å². The van der Waals surface area contributed by atoms with Crippen molar-refractivity contribution in [3.05, 3.63) is 21.1 Å². The van der Waals surface area contributed by atoms with Gasteiger partial charge in [-0.1, -0.05) is 0 Å². The van der Waals surface area contributed by atoms with Crippen LogP contribution in [0.2, 0.25) is 0 Å². The Morgan fingerprint density at radius 1 is 1.32 bits per heavy atom. The Kier molecular flexibility index (Phi) is 5.82. The van der Waals surface area contributed by atoms with Gasteiger partial charge in [-0.05, 0) is 64.3 Å². The quantitative estimate of drug-likeness (QED) is 0.574. The maximum Gasteiger partial charge on any atom is 0.152 e. The summed E-state index contributed by atoms with van der Waals surface area (Å²) in [6.07, 6.45) is 1.04. The maximum absolute atomic E-state index is 11.6. The number of Topliss-reactive ketones (excluding diaryl/α,β-unsaturated/α-hetero) is 1. The highest BCUT2D eigenvalue weighted by Gasteiger charge is 2.20. The van der Waals surface area contributed by atoms with Gasteiger partial charge in [-0.15, -0.1) is 0 Å². The SMILES string of the molecule is CC(C)(N)C(=O)CCCOc1c(Br)cc(N)cc1Br. The van der Waals surface area contributed by atoms with Crippen LogP contribution in [0.15, 0.2) is 21.1 Å². The normalized spacial score (nSPS) is 11.4. The first-order valence-corrected chi connectivity index (χ1v) is 7.50. The predicted molar refractivity (Wildman–Crippen MR) is 84.3 cm³/mol. The van der Waals surface area contributed by atoms with Gasteiger partial charge in [-0.25, -0.2) is 0 Å². The molecule has 0 atom stereocenters. The summed E-state index contributed by atoms with van der Waals surface area (Å²) in [5, 5.41) is 0. The third kappa shape index (κ3) is 5.12. The van der Waals surface area contributed by atoms with Gasteiger partial charge in [0.05, 0.1) is 21.1 Å². The number of nitrogens with two attached hydrogens (primary N) is 2. The number of hydrogen-bond acceptors (Lipinski definition) is 4. The van der Waals surface area contributed by atoms with Crippen molar-refractivity contribution in [1.29, 1.82) is 0 Å². The highest BCUT2D eigenvalue weighted by Crippen LogP contribution is 2.35. The molecule has 0 aliphatic rings. The van der Waals surface area contributed by atoms with E-state index in [4.69, 9.17) is 16.2 Å². The molecule has 0 heterocycles. The second-order valence-corrected chi connectivity index (χ2v) is 6.62. The summed E-state index contributed by atoms with van der Waals surface area (Å²) in [5.41, 5.74) is 11.3. The monoisotopic (exact) mass is 392 g/mol. The average Bonchev–Trinajstić information content (AvgIpc) is 2.24. The summed E-state index contributed by atoms with van der Waals surface area (Å²) in [7, 11) is 0. The van der Waals surface area contributed by atoms with Gasteiger partial charge in [-0.2, -0.15) is 0 Å². The van der Waals surface area contributed by atoms with Crippen LogP contribution in [0, 0.1) is 0 Å². The van der Waals surface area contributed by atoms with Crippen LogP contribution in [0.1, 0.15) is 26.7 Å². The third-order valence-electron chi connectivity index (χ3n) is 2.53. The zero-order valence-corrected chi connectivity index (χ0v) is 14.2. The number of ether oxygens (including phenoxy) is 1. The summed E-state index contributed by atoms with van der Waals surface area (Å²) in [5.74, 6) is 0.722. The molecule has 0 aliphatic carbocycles. The largest absolute Gasteiger partial charge is 0.491 e. The fourth-order valence-corrected chi connectivity index (χ4v) is 2.90. The van der Waals surface area contributed by atoms with E-state index in [0.717, 1.165) is 8.95 Å². The molecule has 1 rings (SSSR count). The van der Waals surface area contributed by atoms with Gasteiger partial charge < -0.3 is 16.2 Å². The number of halogens is 2. The molecule has 4 N–H and O–H groups in total. The van der Waals surface area contributed by atoms with E-state index in [2.05, 4.69) is 31.9 Å². The minimum atomic E-state index is -0.775. The van der Waals surface area contributed by atoms with Gasteiger partial charge in [0.1, 0.15) is 5.75 Å². The number of benzene rings is 1. The van der Waals surface area contributed by atoms with Crippen LogP contribution in [0.4, 0.5) is 5.69 Å². The lowest BCUT2D eigenvalue weighted by Crippen LogP contribution is -2.41. The topological polar surface area (TPSA) is 78.3 Å². The molecule has 1 aromatic carbocycles. The molecule has 6 heteroatoms. The predicted octanol–water partition coefficient (Wildman–Crippen LogP) is 3.26. The molecule has 0 aliphatic heterocycles. The molecule has 0 radical (unpaired) electrons. The fourth-order valence-electron chi connectivity index (χ4n) is 1.45. The zero-order valence-electron chi connectivity index (χ0n) is 11.0. The Morgan fingerprint density at radius 2 is 1.84 bits per heavy atom. The summed E-state index contributed by atoms with van der Waals surface area (Å²) >= 11 is 6.78. The van der Waals surface area contributed by atoms with Crippen LogP contribution < -0.4 is 16.2 Å². The molecule has 0 saturated carbocycles. The standard InChI is InChI=1S/C13H18Br2N2O2/c1-13(2,17)11(18)4-3-5-19-12-9(14)6-8(16)7-10(12)15/h6-7H,3-5,16-17H2,1-2H3. The fraction of sp³-hybridized carbons (Fsp3) is 0.462. The molecule has 19 heavy (non-hydrogen) atoms. The minimum absolute atomic E-state index is 0.0338. The van der Waals surface area contributed by atoms with E-state index in [9.17, 15) is 4.79 Å². The number of ketones is 1. The minimum Gasteiger partial charge on any atom is -0.491 e. The molecule has 0 unspecified atom stereocenters. The molecule has 1 aromatic rings. The highest BCUT2D eigenvalue weighted by atomic mass is 79.9. The maximum atomic E-state index is 11.6. The van der Waals surface area contributed by atoms with Gasteiger partial charge in [0.25, 0.3) is 0 Å². The lowest BCUT2D eigenvalue weighted by molar-refractivity contribution is -0.123. The van der Waals surface area contributed by atoms with Crippen LogP contribution in [-0.4, -0.2) is 17.9 Å². The highest BCUT2D eigenvalue weighted by molar-refractivity contribution is 9.11. The van der Waals surface area contributed by atoms with Gasteiger partial charge in [0.2, 0.25) is 0 Å². The molecule has 0 amide bonds. The Hall–Kier alpha value is -0.590. The molecule has 0 saturated heterocycles. The van der Waals surface area contributed by atoms with E-state index in [-0.39, 0.29) is 5.78 Å². The summed E-state index contributed by atoms with van der Waals surface area (Å²) < 4.78 is 7.21. The van der Waals surface area contributed by atoms with Crippen molar-refractivity contribution in [3.63, 3.8) is 0 Å². The van der Waals surface area contributed by atoms with Crippen molar-refractivity contribution < 1.29 is 9.53 Å². The third-order valence-corrected chi connectivity index (χ3v) is 3.71. The smallest absolute Gasteiger partial charge is 0.152 e. The number of carbonyl (C=O) groups excluding carboxylic acids is 1. The van der Waals surface area contributed by atoms with Crippen molar-refractivity contribution in [2.24, 2.45) is 5.73 Å². The summed E-state index contributed by atoms with van der Waals surface area (Å²) in [6.45, 7) is 3.87. The molecule has 0 fully saturated rings. The number of hydrogen-bond donors (Lipinski definition) is 2. The first-order valence-electron chi connectivity index (χ1n) is 5.91. The molecular formula is C13H18Br2N2O2. The Balaban J connectivity index is 2.49. The van der Waals surface area contributed by atoms with Crippen molar-refractivity contribution in [2.45, 2.75) is 32.2 Å². The Bertz CT molecular complexity index is 447. The molecular weight excluding hydrogens is 376 g/mol. The number of anilines is 1. The number of nitrogen functional groups attached to an aromatic ring is 1. The Morgan fingerprint density at radius 3 is 2.32 bits per heavy atom. The second-order valence-electron chi connectivity index (χ2n) is 4.91.